The van der Waals surface area contributed by atoms with Crippen molar-refractivity contribution in [2.75, 3.05) is 32.8 Å². The topological polar surface area (TPSA) is 53.9 Å². The van der Waals surface area contributed by atoms with E-state index in [1.165, 1.54) is 5.56 Å². The smallest absolute Gasteiger partial charge is 0.309 e. The highest BCUT2D eigenvalue weighted by molar-refractivity contribution is 9.10. The fraction of sp³-hybridized carbons (Fsp3) is 0.600. The summed E-state index contributed by atoms with van der Waals surface area (Å²) in [6.07, 6.45) is 3.71. The lowest BCUT2D eigenvalue weighted by Gasteiger charge is -2.33. The number of rotatable bonds is 7. The van der Waals surface area contributed by atoms with Crippen LogP contribution >= 0.6 is 15.9 Å². The van der Waals surface area contributed by atoms with Crippen molar-refractivity contribution in [3.8, 4) is 0 Å². The fourth-order valence-corrected chi connectivity index (χ4v) is 3.62. The Morgan fingerprint density at radius 3 is 2.77 bits per heavy atom. The molecule has 1 aliphatic heterocycles. The third kappa shape index (κ3) is 6.63. The predicted molar refractivity (Wildman–Crippen MR) is 109 cm³/mol. The number of nitrogens with one attached hydrogen (secondary N) is 1. The molecule has 0 radical (unpaired) electrons. The number of guanidine groups is 1. The summed E-state index contributed by atoms with van der Waals surface area (Å²) in [7, 11) is 0. The lowest BCUT2D eigenvalue weighted by atomic mass is 9.97. The molecule has 6 heteroatoms. The molecule has 26 heavy (non-hydrogen) atoms. The molecule has 1 aromatic rings. The Kier molecular flexibility index (Phi) is 8.95. The van der Waals surface area contributed by atoms with Gasteiger partial charge in [-0.2, -0.15) is 0 Å². The second-order valence-corrected chi connectivity index (χ2v) is 7.40. The van der Waals surface area contributed by atoms with Gasteiger partial charge in [0.15, 0.2) is 5.96 Å². The van der Waals surface area contributed by atoms with E-state index in [0.29, 0.717) is 6.61 Å². The minimum Gasteiger partial charge on any atom is -0.466 e. The molecular weight excluding hydrogens is 394 g/mol. The number of aliphatic imine (C=N–C) groups is 1. The number of likely N-dealkylation sites (tertiary alicyclic amines) is 1. The minimum atomic E-state index is -0.0527. The normalized spacial score (nSPS) is 15.8. The summed E-state index contributed by atoms with van der Waals surface area (Å²) < 4.78 is 6.27. The Labute approximate surface area is 165 Å². The van der Waals surface area contributed by atoms with Gasteiger partial charge < -0.3 is 15.0 Å². The summed E-state index contributed by atoms with van der Waals surface area (Å²) in [6, 6.07) is 8.43. The van der Waals surface area contributed by atoms with Gasteiger partial charge in [-0.25, -0.2) is 0 Å². The molecule has 1 N–H and O–H groups in total. The van der Waals surface area contributed by atoms with Gasteiger partial charge in [-0.1, -0.05) is 28.1 Å². The van der Waals surface area contributed by atoms with E-state index >= 15 is 0 Å². The summed E-state index contributed by atoms with van der Waals surface area (Å²) in [5.41, 5.74) is 1.33. The fourth-order valence-electron chi connectivity index (χ4n) is 3.17. The highest BCUT2D eigenvalue weighted by Gasteiger charge is 2.27. The van der Waals surface area contributed by atoms with Crippen LogP contribution in [0.15, 0.2) is 33.7 Å². The number of esters is 1. The maximum Gasteiger partial charge on any atom is 0.309 e. The lowest BCUT2D eigenvalue weighted by molar-refractivity contribution is -0.149. The first-order valence-corrected chi connectivity index (χ1v) is 10.4. The Morgan fingerprint density at radius 2 is 2.12 bits per heavy atom. The molecule has 0 saturated carbocycles. The summed E-state index contributed by atoms with van der Waals surface area (Å²) in [4.78, 5) is 18.9. The van der Waals surface area contributed by atoms with Crippen LogP contribution in [0.2, 0.25) is 0 Å². The molecule has 0 bridgehead atoms. The Bertz CT molecular complexity index is 598. The van der Waals surface area contributed by atoms with Crippen LogP contribution in [0.5, 0.6) is 0 Å². The van der Waals surface area contributed by atoms with E-state index < -0.39 is 0 Å². The number of ether oxygens (including phenoxy) is 1. The summed E-state index contributed by atoms with van der Waals surface area (Å²) in [5, 5.41) is 3.38. The first-order valence-electron chi connectivity index (χ1n) is 9.58. The van der Waals surface area contributed by atoms with Gasteiger partial charge in [-0.3, -0.25) is 9.79 Å². The maximum absolute atomic E-state index is 11.9. The van der Waals surface area contributed by atoms with Crippen LogP contribution in [0, 0.1) is 5.92 Å². The second kappa shape index (κ2) is 11.2. The number of hydrogen-bond acceptors (Lipinski definition) is 3. The van der Waals surface area contributed by atoms with Crippen LogP contribution < -0.4 is 5.32 Å². The SMILES string of the molecule is CCNC(=NCCCc1cccc(Br)c1)N1CCC(C(=O)OCC)CC1. The van der Waals surface area contributed by atoms with Crippen LogP contribution in [0.25, 0.3) is 0 Å². The molecule has 0 unspecified atom stereocenters. The first kappa shape index (κ1) is 20.7. The minimum absolute atomic E-state index is 0.0330. The Hall–Kier alpha value is -1.56. The van der Waals surface area contributed by atoms with Gasteiger partial charge in [0.05, 0.1) is 12.5 Å². The average molecular weight is 424 g/mol. The van der Waals surface area contributed by atoms with Gasteiger partial charge in [0.2, 0.25) is 0 Å². The highest BCUT2D eigenvalue weighted by atomic mass is 79.9. The second-order valence-electron chi connectivity index (χ2n) is 6.48. The average Bonchev–Trinajstić information content (AvgIpc) is 2.65. The zero-order valence-corrected chi connectivity index (χ0v) is 17.4. The van der Waals surface area contributed by atoms with E-state index in [1.54, 1.807) is 0 Å². The molecule has 0 atom stereocenters. The number of hydrogen-bond donors (Lipinski definition) is 1. The van der Waals surface area contributed by atoms with E-state index in [0.717, 1.165) is 62.3 Å². The van der Waals surface area contributed by atoms with Crippen molar-refractivity contribution in [2.45, 2.75) is 39.5 Å². The number of benzene rings is 1. The van der Waals surface area contributed by atoms with Crippen molar-refractivity contribution < 1.29 is 9.53 Å². The zero-order chi connectivity index (χ0) is 18.8. The van der Waals surface area contributed by atoms with Crippen molar-refractivity contribution in [2.24, 2.45) is 10.9 Å². The van der Waals surface area contributed by atoms with Crippen molar-refractivity contribution in [1.82, 2.24) is 10.2 Å². The van der Waals surface area contributed by atoms with Crippen LogP contribution in [-0.2, 0) is 16.0 Å². The molecule has 2 rings (SSSR count). The molecule has 0 aliphatic carbocycles. The first-order chi connectivity index (χ1) is 12.6. The van der Waals surface area contributed by atoms with Gasteiger partial charge in [-0.15, -0.1) is 0 Å². The van der Waals surface area contributed by atoms with E-state index in [9.17, 15) is 4.79 Å². The molecule has 0 amide bonds. The van der Waals surface area contributed by atoms with Crippen molar-refractivity contribution in [1.29, 1.82) is 0 Å². The summed E-state index contributed by atoms with van der Waals surface area (Å²) in [6.45, 7) is 7.75. The molecule has 1 heterocycles. The van der Waals surface area contributed by atoms with E-state index in [2.05, 4.69) is 51.3 Å². The number of carbonyl (C=O) groups is 1. The van der Waals surface area contributed by atoms with E-state index in [1.807, 2.05) is 13.0 Å². The predicted octanol–water partition coefficient (Wildman–Crippen LogP) is 3.62. The molecule has 1 fully saturated rings. The van der Waals surface area contributed by atoms with Crippen LogP contribution in [0.3, 0.4) is 0 Å². The maximum atomic E-state index is 11.9. The number of piperidine rings is 1. The summed E-state index contributed by atoms with van der Waals surface area (Å²) >= 11 is 3.51. The number of carbonyl (C=O) groups excluding carboxylic acids is 1. The zero-order valence-electron chi connectivity index (χ0n) is 15.8. The standard InChI is InChI=1S/C20H30BrN3O2/c1-3-22-20(23-12-6-8-16-7-5-9-18(21)15-16)24-13-10-17(11-14-24)19(25)26-4-2/h5,7,9,15,17H,3-4,6,8,10-14H2,1-2H3,(H,22,23). The Balaban J connectivity index is 1.82. The Morgan fingerprint density at radius 1 is 1.35 bits per heavy atom. The third-order valence-corrected chi connectivity index (χ3v) is 5.02. The molecule has 1 aromatic carbocycles. The molecule has 0 spiro atoms. The van der Waals surface area contributed by atoms with Gasteiger partial charge in [0.1, 0.15) is 0 Å². The monoisotopic (exact) mass is 423 g/mol. The van der Waals surface area contributed by atoms with Crippen molar-refractivity contribution in [3.05, 3.63) is 34.3 Å². The van der Waals surface area contributed by atoms with Gasteiger partial charge in [0.25, 0.3) is 0 Å². The van der Waals surface area contributed by atoms with Gasteiger partial charge in [-0.05, 0) is 57.2 Å². The molecule has 1 saturated heterocycles. The molecular formula is C20H30BrN3O2. The molecule has 0 aromatic heterocycles. The van der Waals surface area contributed by atoms with Gasteiger partial charge in [0, 0.05) is 30.7 Å². The summed E-state index contributed by atoms with van der Waals surface area (Å²) in [5.74, 6) is 0.942. The van der Waals surface area contributed by atoms with Crippen LogP contribution in [0.4, 0.5) is 0 Å². The quantitative estimate of drug-likeness (QED) is 0.315. The molecule has 5 nitrogen and oxygen atoms in total. The molecule has 144 valence electrons. The van der Waals surface area contributed by atoms with Crippen molar-refractivity contribution in [3.63, 3.8) is 0 Å². The lowest BCUT2D eigenvalue weighted by Crippen LogP contribution is -2.46. The van der Waals surface area contributed by atoms with E-state index in [4.69, 9.17) is 9.73 Å². The third-order valence-electron chi connectivity index (χ3n) is 4.52. The van der Waals surface area contributed by atoms with E-state index in [-0.39, 0.29) is 11.9 Å². The number of halogens is 1. The van der Waals surface area contributed by atoms with Crippen LogP contribution in [-0.4, -0.2) is 49.6 Å². The number of nitrogens with zero attached hydrogens (tertiary/aromatic N) is 2. The number of aryl methyl sites for hydroxylation is 1. The van der Waals surface area contributed by atoms with Crippen LogP contribution in [0.1, 0.15) is 38.7 Å². The molecule has 1 aliphatic rings. The van der Waals surface area contributed by atoms with Crippen molar-refractivity contribution >= 4 is 27.9 Å². The largest absolute Gasteiger partial charge is 0.466 e. The highest BCUT2D eigenvalue weighted by Crippen LogP contribution is 2.19. The van der Waals surface area contributed by atoms with Gasteiger partial charge >= 0.3 is 5.97 Å².